The summed E-state index contributed by atoms with van der Waals surface area (Å²) in [4.78, 5) is 14.8. The molecule has 0 aliphatic carbocycles. The van der Waals surface area contributed by atoms with Crippen LogP contribution in [0.4, 0.5) is 0 Å². The smallest absolute Gasteiger partial charge is 0.227 e. The fraction of sp³-hybridized carbons (Fsp3) is 0.316. The van der Waals surface area contributed by atoms with Crippen LogP contribution in [0.2, 0.25) is 0 Å². The second-order valence-electron chi connectivity index (χ2n) is 6.49. The highest BCUT2D eigenvalue weighted by molar-refractivity contribution is 5.79. The molecule has 1 atom stereocenters. The Morgan fingerprint density at radius 2 is 2.08 bits per heavy atom. The van der Waals surface area contributed by atoms with Gasteiger partial charge in [-0.2, -0.15) is 10.2 Å². The van der Waals surface area contributed by atoms with E-state index in [9.17, 15) is 4.79 Å². The van der Waals surface area contributed by atoms with E-state index in [2.05, 4.69) is 10.2 Å². The maximum Gasteiger partial charge on any atom is 0.227 e. The Morgan fingerprint density at radius 1 is 1.24 bits per heavy atom. The van der Waals surface area contributed by atoms with Crippen LogP contribution in [0.3, 0.4) is 0 Å². The van der Waals surface area contributed by atoms with Gasteiger partial charge >= 0.3 is 0 Å². The summed E-state index contributed by atoms with van der Waals surface area (Å²) in [5, 5.41) is 8.46. The summed E-state index contributed by atoms with van der Waals surface area (Å²) >= 11 is 0. The van der Waals surface area contributed by atoms with Crippen molar-refractivity contribution in [2.24, 2.45) is 7.05 Å². The van der Waals surface area contributed by atoms with Crippen LogP contribution >= 0.6 is 0 Å². The van der Waals surface area contributed by atoms with Crippen molar-refractivity contribution >= 4 is 5.91 Å². The van der Waals surface area contributed by atoms with Gasteiger partial charge in [0, 0.05) is 37.7 Å². The highest BCUT2D eigenvalue weighted by Crippen LogP contribution is 2.32. The molecule has 3 heterocycles. The Morgan fingerprint density at radius 3 is 2.76 bits per heavy atom. The molecule has 6 nitrogen and oxygen atoms in total. The van der Waals surface area contributed by atoms with Crippen LogP contribution in [0.25, 0.3) is 5.69 Å². The van der Waals surface area contributed by atoms with Gasteiger partial charge in [-0.3, -0.25) is 9.48 Å². The molecule has 4 rings (SSSR count). The van der Waals surface area contributed by atoms with Crippen LogP contribution in [-0.2, 0) is 18.3 Å². The molecule has 1 aliphatic rings. The van der Waals surface area contributed by atoms with Crippen LogP contribution in [0.15, 0.2) is 55.1 Å². The summed E-state index contributed by atoms with van der Waals surface area (Å²) in [6, 6.07) is 10.1. The Bertz CT molecular complexity index is 850. The van der Waals surface area contributed by atoms with E-state index in [1.807, 2.05) is 65.6 Å². The van der Waals surface area contributed by atoms with Gasteiger partial charge in [-0.1, -0.05) is 12.1 Å². The lowest BCUT2D eigenvalue weighted by Gasteiger charge is -2.24. The molecule has 3 aromatic rings. The first kappa shape index (κ1) is 15.6. The highest BCUT2D eigenvalue weighted by atomic mass is 16.2. The number of carbonyl (C=O) groups excluding carboxylic acids is 1. The molecule has 128 valence electrons. The monoisotopic (exact) mass is 335 g/mol. The van der Waals surface area contributed by atoms with E-state index in [0.717, 1.165) is 36.2 Å². The molecule has 25 heavy (non-hydrogen) atoms. The first-order valence-corrected chi connectivity index (χ1v) is 8.58. The number of aromatic nitrogens is 4. The van der Waals surface area contributed by atoms with Crippen molar-refractivity contribution in [2.75, 3.05) is 6.54 Å². The predicted molar refractivity (Wildman–Crippen MR) is 94.2 cm³/mol. The maximum absolute atomic E-state index is 12.8. The molecule has 1 aromatic carbocycles. The van der Waals surface area contributed by atoms with Crippen LogP contribution in [0, 0.1) is 0 Å². The molecule has 1 unspecified atom stereocenters. The van der Waals surface area contributed by atoms with Crippen molar-refractivity contribution in [1.82, 2.24) is 24.5 Å². The lowest BCUT2D eigenvalue weighted by molar-refractivity contribution is -0.131. The van der Waals surface area contributed by atoms with Gasteiger partial charge in [-0.05, 0) is 36.6 Å². The quantitative estimate of drug-likeness (QED) is 0.736. The van der Waals surface area contributed by atoms with Gasteiger partial charge < -0.3 is 4.90 Å². The maximum atomic E-state index is 12.8. The van der Waals surface area contributed by atoms with Gasteiger partial charge in [0.15, 0.2) is 0 Å². The fourth-order valence-electron chi connectivity index (χ4n) is 3.49. The summed E-state index contributed by atoms with van der Waals surface area (Å²) in [7, 11) is 1.91. The summed E-state index contributed by atoms with van der Waals surface area (Å²) < 4.78 is 3.61. The average molecular weight is 335 g/mol. The first-order valence-electron chi connectivity index (χ1n) is 8.58. The number of hydrogen-bond donors (Lipinski definition) is 0. The number of benzene rings is 1. The van der Waals surface area contributed by atoms with Crippen molar-refractivity contribution in [3.8, 4) is 5.69 Å². The lowest BCUT2D eigenvalue weighted by atomic mass is 10.1. The minimum Gasteiger partial charge on any atom is -0.335 e. The van der Waals surface area contributed by atoms with E-state index in [-0.39, 0.29) is 11.9 Å². The average Bonchev–Trinajstić information content (AvgIpc) is 3.36. The lowest BCUT2D eigenvalue weighted by Crippen LogP contribution is -2.31. The summed E-state index contributed by atoms with van der Waals surface area (Å²) in [5.74, 6) is 0.179. The molecule has 2 aromatic heterocycles. The third kappa shape index (κ3) is 3.20. The summed E-state index contributed by atoms with van der Waals surface area (Å²) in [6.07, 6.45) is 10.0. The molecule has 0 N–H and O–H groups in total. The van der Waals surface area contributed by atoms with E-state index in [1.54, 1.807) is 10.9 Å². The third-order valence-corrected chi connectivity index (χ3v) is 4.74. The Labute approximate surface area is 146 Å². The minimum absolute atomic E-state index is 0.157. The normalized spacial score (nSPS) is 17.2. The van der Waals surface area contributed by atoms with Crippen molar-refractivity contribution in [1.29, 1.82) is 0 Å². The highest BCUT2D eigenvalue weighted by Gasteiger charge is 2.30. The largest absolute Gasteiger partial charge is 0.335 e. The van der Waals surface area contributed by atoms with Crippen LogP contribution < -0.4 is 0 Å². The number of amides is 1. The Kier molecular flexibility index (Phi) is 4.09. The van der Waals surface area contributed by atoms with E-state index < -0.39 is 0 Å². The number of hydrogen-bond acceptors (Lipinski definition) is 3. The van der Waals surface area contributed by atoms with Crippen molar-refractivity contribution in [3.05, 3.63) is 66.2 Å². The zero-order valence-electron chi connectivity index (χ0n) is 14.2. The molecule has 0 saturated carbocycles. The van der Waals surface area contributed by atoms with Gasteiger partial charge in [0.25, 0.3) is 0 Å². The topological polar surface area (TPSA) is 56.0 Å². The molecular formula is C19H21N5O. The SMILES string of the molecule is Cn1cc(C2CCCN2C(=O)Cc2ccc(-n3cccn3)cc2)cn1. The minimum atomic E-state index is 0.157. The van der Waals surface area contributed by atoms with Crippen LogP contribution in [-0.4, -0.2) is 36.9 Å². The van der Waals surface area contributed by atoms with Crippen molar-refractivity contribution in [2.45, 2.75) is 25.3 Å². The molecular weight excluding hydrogens is 314 g/mol. The van der Waals surface area contributed by atoms with Crippen molar-refractivity contribution in [3.63, 3.8) is 0 Å². The third-order valence-electron chi connectivity index (χ3n) is 4.74. The van der Waals surface area contributed by atoms with E-state index in [4.69, 9.17) is 0 Å². The molecule has 1 amide bonds. The van der Waals surface area contributed by atoms with Gasteiger partial charge in [0.05, 0.1) is 24.3 Å². The number of rotatable bonds is 4. The second-order valence-corrected chi connectivity index (χ2v) is 6.49. The van der Waals surface area contributed by atoms with Gasteiger partial charge in [0.2, 0.25) is 5.91 Å². The number of nitrogens with zero attached hydrogens (tertiary/aromatic N) is 5. The Balaban J connectivity index is 1.46. The first-order chi connectivity index (χ1) is 12.2. The summed E-state index contributed by atoms with van der Waals surface area (Å²) in [6.45, 7) is 0.823. The second kappa shape index (κ2) is 6.55. The van der Waals surface area contributed by atoms with Gasteiger partial charge in [0.1, 0.15) is 0 Å². The molecule has 1 aliphatic heterocycles. The molecule has 0 spiro atoms. The standard InChI is InChI=1S/C19H21N5O/c1-22-14-16(13-21-22)18-4-2-10-23(18)19(25)12-15-5-7-17(8-6-15)24-11-3-9-20-24/h3,5-9,11,13-14,18H,2,4,10,12H2,1H3. The van der Waals surface area contributed by atoms with Crippen LogP contribution in [0.5, 0.6) is 0 Å². The van der Waals surface area contributed by atoms with Gasteiger partial charge in [-0.15, -0.1) is 0 Å². The van der Waals surface area contributed by atoms with Gasteiger partial charge in [-0.25, -0.2) is 4.68 Å². The van der Waals surface area contributed by atoms with E-state index >= 15 is 0 Å². The molecule has 1 fully saturated rings. The number of likely N-dealkylation sites (tertiary alicyclic amines) is 1. The van der Waals surface area contributed by atoms with E-state index in [0.29, 0.717) is 6.42 Å². The number of aryl methyl sites for hydroxylation is 1. The molecule has 0 radical (unpaired) electrons. The predicted octanol–water partition coefficient (Wildman–Crippen LogP) is 2.51. The zero-order valence-corrected chi connectivity index (χ0v) is 14.2. The Hall–Kier alpha value is -2.89. The van der Waals surface area contributed by atoms with Crippen molar-refractivity contribution < 1.29 is 4.79 Å². The summed E-state index contributed by atoms with van der Waals surface area (Å²) in [5.41, 5.74) is 3.15. The molecule has 6 heteroatoms. The van der Waals surface area contributed by atoms with E-state index in [1.165, 1.54) is 0 Å². The zero-order chi connectivity index (χ0) is 17.2. The number of carbonyl (C=O) groups is 1. The molecule has 0 bridgehead atoms. The van der Waals surface area contributed by atoms with Crippen LogP contribution in [0.1, 0.15) is 30.0 Å². The molecule has 1 saturated heterocycles. The fourth-order valence-corrected chi connectivity index (χ4v) is 3.49.